The van der Waals surface area contributed by atoms with Gasteiger partial charge < -0.3 is 5.11 Å². The van der Waals surface area contributed by atoms with Crippen LogP contribution in [0.5, 0.6) is 0 Å². The zero-order valence-electron chi connectivity index (χ0n) is 15.4. The first-order valence-electron chi connectivity index (χ1n) is 10.2. The van der Waals surface area contributed by atoms with Crippen molar-refractivity contribution >= 4 is 5.78 Å². The first-order chi connectivity index (χ1) is 11.3. The molecule has 1 N–H and O–H groups in total. The van der Waals surface area contributed by atoms with Crippen molar-refractivity contribution in [2.45, 2.75) is 84.4 Å². The summed E-state index contributed by atoms with van der Waals surface area (Å²) in [6.07, 6.45) is 5.48. The van der Waals surface area contributed by atoms with Gasteiger partial charge in [0.1, 0.15) is 12.0 Å². The quantitative estimate of drug-likeness (QED) is 0.763. The number of hydrogen-bond donors (Lipinski definition) is 1. The van der Waals surface area contributed by atoms with E-state index in [0.29, 0.717) is 42.3 Å². The second-order valence-electron chi connectivity index (χ2n) is 9.86. The monoisotopic (exact) mass is 336 g/mol. The van der Waals surface area contributed by atoms with E-state index in [-0.39, 0.29) is 17.3 Å². The van der Waals surface area contributed by atoms with Crippen LogP contribution < -0.4 is 0 Å². The molecule has 4 aliphatic carbocycles. The summed E-state index contributed by atoms with van der Waals surface area (Å²) < 4.78 is 14.4. The van der Waals surface area contributed by atoms with Crippen LogP contribution in [-0.4, -0.2) is 23.2 Å². The second-order valence-corrected chi connectivity index (χ2v) is 9.86. The van der Waals surface area contributed by atoms with Gasteiger partial charge in [-0.3, -0.25) is 4.79 Å². The number of aliphatic hydroxyl groups is 1. The smallest absolute Gasteiger partial charge is 0.136 e. The zero-order chi connectivity index (χ0) is 17.3. The molecule has 0 bridgehead atoms. The van der Waals surface area contributed by atoms with Crippen molar-refractivity contribution in [3.05, 3.63) is 0 Å². The lowest BCUT2D eigenvalue weighted by Gasteiger charge is -2.60. The van der Waals surface area contributed by atoms with Crippen LogP contribution in [0.3, 0.4) is 0 Å². The Labute approximate surface area is 145 Å². The lowest BCUT2D eigenvalue weighted by atomic mass is 9.44. The Hall–Kier alpha value is -0.440. The molecule has 0 heterocycles. The van der Waals surface area contributed by atoms with Gasteiger partial charge in [0, 0.05) is 12.3 Å². The van der Waals surface area contributed by atoms with Gasteiger partial charge in [-0.25, -0.2) is 4.39 Å². The molecule has 0 radical (unpaired) electrons. The van der Waals surface area contributed by atoms with E-state index >= 15 is 0 Å². The fraction of sp³-hybridized carbons (Fsp3) is 0.952. The van der Waals surface area contributed by atoms with E-state index in [2.05, 4.69) is 20.8 Å². The molecule has 0 aromatic rings. The van der Waals surface area contributed by atoms with Crippen LogP contribution >= 0.6 is 0 Å². The number of aliphatic hydroxyl groups excluding tert-OH is 1. The van der Waals surface area contributed by atoms with Crippen LogP contribution in [0.4, 0.5) is 4.39 Å². The Morgan fingerprint density at radius 1 is 1.17 bits per heavy atom. The second kappa shape index (κ2) is 5.53. The molecule has 24 heavy (non-hydrogen) atoms. The Morgan fingerprint density at radius 3 is 2.58 bits per heavy atom. The summed E-state index contributed by atoms with van der Waals surface area (Å²) in [5.41, 5.74) is 0.223. The summed E-state index contributed by atoms with van der Waals surface area (Å²) in [5, 5.41) is 9.98. The van der Waals surface area contributed by atoms with Crippen LogP contribution in [0, 0.1) is 40.4 Å². The van der Waals surface area contributed by atoms with Crippen molar-refractivity contribution in [1.82, 2.24) is 0 Å². The Balaban J connectivity index is 1.68. The van der Waals surface area contributed by atoms with Crippen molar-refractivity contribution < 1.29 is 14.3 Å². The van der Waals surface area contributed by atoms with E-state index in [9.17, 15) is 14.3 Å². The fourth-order valence-corrected chi connectivity index (χ4v) is 7.69. The molecule has 4 rings (SSSR count). The molecule has 2 nitrogen and oxygen atoms in total. The maximum atomic E-state index is 14.4. The summed E-state index contributed by atoms with van der Waals surface area (Å²) in [7, 11) is 0. The maximum absolute atomic E-state index is 14.4. The number of carbonyl (C=O) groups excluding carboxylic acids is 1. The Kier molecular flexibility index (Phi) is 3.91. The maximum Gasteiger partial charge on any atom is 0.136 e. The van der Waals surface area contributed by atoms with E-state index in [1.54, 1.807) is 0 Å². The molecule has 0 aliphatic heterocycles. The van der Waals surface area contributed by atoms with E-state index in [4.69, 9.17) is 0 Å². The summed E-state index contributed by atoms with van der Waals surface area (Å²) >= 11 is 0. The Bertz CT molecular complexity index is 534. The van der Waals surface area contributed by atoms with Crippen LogP contribution in [0.1, 0.15) is 72.1 Å². The molecule has 0 amide bonds. The first kappa shape index (κ1) is 17.0. The molecular formula is C21H33FO2. The fourth-order valence-electron chi connectivity index (χ4n) is 7.69. The summed E-state index contributed by atoms with van der Waals surface area (Å²) in [5.74, 6) is 2.37. The van der Waals surface area contributed by atoms with Crippen LogP contribution in [0.2, 0.25) is 0 Å². The third kappa shape index (κ3) is 2.12. The predicted molar refractivity (Wildman–Crippen MR) is 92.2 cm³/mol. The van der Waals surface area contributed by atoms with Crippen LogP contribution in [-0.2, 0) is 4.79 Å². The number of Topliss-reactive ketones (excluding diaryl/α,β-unsaturated/α-hetero) is 1. The highest BCUT2D eigenvalue weighted by atomic mass is 19.1. The predicted octanol–water partition coefficient (Wildman–Crippen LogP) is 4.54. The van der Waals surface area contributed by atoms with Crippen LogP contribution in [0.25, 0.3) is 0 Å². The third-order valence-electron chi connectivity index (χ3n) is 9.14. The molecule has 0 spiro atoms. The van der Waals surface area contributed by atoms with Gasteiger partial charge in [0.05, 0.1) is 6.10 Å². The zero-order valence-corrected chi connectivity index (χ0v) is 15.4. The van der Waals surface area contributed by atoms with Gasteiger partial charge in [-0.15, -0.1) is 0 Å². The van der Waals surface area contributed by atoms with Crippen molar-refractivity contribution in [1.29, 1.82) is 0 Å². The lowest BCUT2D eigenvalue weighted by molar-refractivity contribution is -0.166. The average molecular weight is 336 g/mol. The molecule has 4 aliphatic rings. The largest absolute Gasteiger partial charge is 0.390 e. The molecule has 0 aromatic carbocycles. The molecular weight excluding hydrogens is 303 g/mol. The number of hydrogen-bond acceptors (Lipinski definition) is 2. The minimum Gasteiger partial charge on any atom is -0.390 e. The highest BCUT2D eigenvalue weighted by molar-refractivity contribution is 5.83. The molecule has 4 fully saturated rings. The molecule has 136 valence electrons. The SMILES string of the molecule is CC[C@H]1CCC2C3C(=O)C[C@@H]4C[C@H](O)[C@H](F)C[C@]4(C)C3CC[C@@]21C. The lowest BCUT2D eigenvalue weighted by Crippen LogP contribution is -2.59. The number of rotatable bonds is 1. The summed E-state index contributed by atoms with van der Waals surface area (Å²) in [4.78, 5) is 13.1. The van der Waals surface area contributed by atoms with E-state index in [1.807, 2.05) is 0 Å². The summed E-state index contributed by atoms with van der Waals surface area (Å²) in [6.45, 7) is 6.95. The topological polar surface area (TPSA) is 37.3 Å². The molecule has 9 atom stereocenters. The van der Waals surface area contributed by atoms with Gasteiger partial charge >= 0.3 is 0 Å². The minimum atomic E-state index is -1.11. The van der Waals surface area contributed by atoms with E-state index in [1.165, 1.54) is 25.7 Å². The molecule has 3 heteroatoms. The molecule has 0 saturated heterocycles. The summed E-state index contributed by atoms with van der Waals surface area (Å²) in [6, 6.07) is 0. The number of halogens is 1. The number of ketones is 1. The van der Waals surface area contributed by atoms with E-state index in [0.717, 1.165) is 12.3 Å². The van der Waals surface area contributed by atoms with Crippen molar-refractivity contribution in [2.24, 2.45) is 40.4 Å². The van der Waals surface area contributed by atoms with Crippen LogP contribution in [0.15, 0.2) is 0 Å². The van der Waals surface area contributed by atoms with Crippen molar-refractivity contribution in [3.8, 4) is 0 Å². The first-order valence-corrected chi connectivity index (χ1v) is 10.2. The Morgan fingerprint density at radius 2 is 1.88 bits per heavy atom. The van der Waals surface area contributed by atoms with Gasteiger partial charge in [-0.2, -0.15) is 0 Å². The van der Waals surface area contributed by atoms with Crippen molar-refractivity contribution in [2.75, 3.05) is 0 Å². The number of alkyl halides is 1. The molecule has 0 aromatic heterocycles. The van der Waals surface area contributed by atoms with Gasteiger partial charge in [0.15, 0.2) is 0 Å². The standard InChI is InChI=1S/C21H33FO2/c1-4-12-5-6-14-19-15(7-8-20(12,14)2)21(3)11-16(22)17(23)9-13(21)10-18(19)24/h12-17,19,23H,4-11H2,1-3H3/t12-,13-,14?,15?,16+,17-,19?,20+,21-/m0/s1. The highest BCUT2D eigenvalue weighted by Crippen LogP contribution is 2.67. The number of fused-ring (bicyclic) bond motifs is 5. The minimum absolute atomic E-state index is 0.0944. The molecule has 4 saturated carbocycles. The normalized spacial score (nSPS) is 57.2. The van der Waals surface area contributed by atoms with Gasteiger partial charge in [-0.05, 0) is 73.0 Å². The van der Waals surface area contributed by atoms with Gasteiger partial charge in [0.2, 0.25) is 0 Å². The molecule has 3 unspecified atom stereocenters. The van der Waals surface area contributed by atoms with Crippen molar-refractivity contribution in [3.63, 3.8) is 0 Å². The third-order valence-corrected chi connectivity index (χ3v) is 9.14. The van der Waals surface area contributed by atoms with Gasteiger partial charge in [-0.1, -0.05) is 27.2 Å². The number of carbonyl (C=O) groups is 1. The van der Waals surface area contributed by atoms with E-state index < -0.39 is 12.3 Å². The highest BCUT2D eigenvalue weighted by Gasteiger charge is 2.63. The van der Waals surface area contributed by atoms with Gasteiger partial charge in [0.25, 0.3) is 0 Å². The average Bonchev–Trinajstić information content (AvgIpc) is 2.87.